The van der Waals surface area contributed by atoms with Crippen LogP contribution in [0.2, 0.25) is 0 Å². The number of nitrogens with one attached hydrogen (secondary N) is 1. The highest BCUT2D eigenvalue weighted by atomic mass is 16.1. The van der Waals surface area contributed by atoms with E-state index >= 15 is 0 Å². The van der Waals surface area contributed by atoms with E-state index in [-0.39, 0.29) is 5.91 Å². The zero-order valence-corrected chi connectivity index (χ0v) is 11.5. The smallest absolute Gasteiger partial charge is 0.255 e. The molecule has 1 N–H and O–H groups in total. The van der Waals surface area contributed by atoms with E-state index in [0.717, 1.165) is 5.69 Å². The Balaban J connectivity index is 1.72. The molecule has 3 rings (SSSR count). The Morgan fingerprint density at radius 2 is 1.82 bits per heavy atom. The minimum atomic E-state index is -0.224. The van der Waals surface area contributed by atoms with E-state index in [0.29, 0.717) is 16.8 Å². The zero-order valence-electron chi connectivity index (χ0n) is 11.5. The summed E-state index contributed by atoms with van der Waals surface area (Å²) in [7, 11) is 0. The third-order valence-corrected chi connectivity index (χ3v) is 3.08. The summed E-state index contributed by atoms with van der Waals surface area (Å²) in [6, 6.07) is 15.7. The Labute approximate surface area is 126 Å². The van der Waals surface area contributed by atoms with Crippen molar-refractivity contribution in [3.63, 3.8) is 0 Å². The molecule has 3 aromatic rings. The van der Waals surface area contributed by atoms with Gasteiger partial charge >= 0.3 is 0 Å². The molecule has 0 saturated heterocycles. The molecule has 0 atom stereocenters. The zero-order chi connectivity index (χ0) is 15.4. The minimum absolute atomic E-state index is 0.224. The molecule has 0 bridgehead atoms. The largest absolute Gasteiger partial charge is 0.322 e. The summed E-state index contributed by atoms with van der Waals surface area (Å²) in [6.07, 6.45) is 3.06. The van der Waals surface area contributed by atoms with Crippen LogP contribution in [0.15, 0.2) is 61.2 Å². The second-order valence-electron chi connectivity index (χ2n) is 4.53. The van der Waals surface area contributed by atoms with Gasteiger partial charge in [-0.1, -0.05) is 0 Å². The van der Waals surface area contributed by atoms with Crippen LogP contribution in [-0.4, -0.2) is 20.7 Å². The van der Waals surface area contributed by atoms with Gasteiger partial charge in [0.25, 0.3) is 5.91 Å². The van der Waals surface area contributed by atoms with E-state index in [4.69, 9.17) is 5.26 Å². The van der Waals surface area contributed by atoms with Crippen LogP contribution in [-0.2, 0) is 0 Å². The molecule has 22 heavy (non-hydrogen) atoms. The lowest BCUT2D eigenvalue weighted by atomic mass is 10.1. The van der Waals surface area contributed by atoms with Crippen LogP contribution in [0.25, 0.3) is 5.69 Å². The number of nitriles is 1. The Morgan fingerprint density at radius 3 is 2.41 bits per heavy atom. The second-order valence-corrected chi connectivity index (χ2v) is 4.53. The van der Waals surface area contributed by atoms with Gasteiger partial charge in [-0.15, -0.1) is 0 Å². The van der Waals surface area contributed by atoms with Crippen LogP contribution in [0.1, 0.15) is 15.9 Å². The van der Waals surface area contributed by atoms with Crippen molar-refractivity contribution in [3.8, 4) is 11.8 Å². The number of benzene rings is 2. The van der Waals surface area contributed by atoms with Gasteiger partial charge in [-0.25, -0.2) is 9.67 Å². The molecule has 0 aliphatic rings. The Morgan fingerprint density at radius 1 is 1.09 bits per heavy atom. The van der Waals surface area contributed by atoms with Crippen molar-refractivity contribution >= 4 is 11.6 Å². The molecule has 106 valence electrons. The maximum Gasteiger partial charge on any atom is 0.255 e. The number of hydrogen-bond acceptors (Lipinski definition) is 4. The fraction of sp³-hybridized carbons (Fsp3) is 0. The summed E-state index contributed by atoms with van der Waals surface area (Å²) < 4.78 is 1.63. The lowest BCUT2D eigenvalue weighted by Gasteiger charge is -2.06. The van der Waals surface area contributed by atoms with Crippen LogP contribution in [0, 0.1) is 11.3 Å². The van der Waals surface area contributed by atoms with Gasteiger partial charge in [-0.3, -0.25) is 4.79 Å². The van der Waals surface area contributed by atoms with Crippen molar-refractivity contribution in [1.29, 1.82) is 5.26 Å². The molecule has 0 aliphatic carbocycles. The average Bonchev–Trinajstić information content (AvgIpc) is 3.10. The van der Waals surface area contributed by atoms with Crippen molar-refractivity contribution < 1.29 is 4.79 Å². The number of anilines is 1. The first-order valence-electron chi connectivity index (χ1n) is 6.53. The van der Waals surface area contributed by atoms with Gasteiger partial charge in [0.05, 0.1) is 17.3 Å². The molecule has 6 heteroatoms. The van der Waals surface area contributed by atoms with Gasteiger partial charge in [0.2, 0.25) is 0 Å². The Bertz CT molecular complexity index is 814. The molecule has 6 nitrogen and oxygen atoms in total. The summed E-state index contributed by atoms with van der Waals surface area (Å²) in [4.78, 5) is 16.0. The minimum Gasteiger partial charge on any atom is -0.322 e. The number of carbonyl (C=O) groups excluding carboxylic acids is 1. The summed E-state index contributed by atoms with van der Waals surface area (Å²) in [5.74, 6) is -0.224. The molecule has 2 aromatic carbocycles. The number of carbonyl (C=O) groups is 1. The number of rotatable bonds is 3. The van der Waals surface area contributed by atoms with Gasteiger partial charge in [0, 0.05) is 11.3 Å². The second kappa shape index (κ2) is 5.89. The van der Waals surface area contributed by atoms with Gasteiger partial charge in [0.1, 0.15) is 12.7 Å². The summed E-state index contributed by atoms with van der Waals surface area (Å²) in [5.41, 5.74) is 2.56. The maximum absolute atomic E-state index is 12.1. The third-order valence-electron chi connectivity index (χ3n) is 3.08. The quantitative estimate of drug-likeness (QED) is 0.802. The van der Waals surface area contributed by atoms with Gasteiger partial charge in [0.15, 0.2) is 0 Å². The Kier molecular flexibility index (Phi) is 3.62. The monoisotopic (exact) mass is 289 g/mol. The number of amides is 1. The fourth-order valence-corrected chi connectivity index (χ4v) is 1.94. The predicted molar refractivity (Wildman–Crippen MR) is 80.5 cm³/mol. The molecular weight excluding hydrogens is 278 g/mol. The number of nitrogens with zero attached hydrogens (tertiary/aromatic N) is 4. The van der Waals surface area contributed by atoms with Crippen LogP contribution in [0.3, 0.4) is 0 Å². The number of aromatic nitrogens is 3. The highest BCUT2D eigenvalue weighted by molar-refractivity contribution is 6.04. The lowest BCUT2D eigenvalue weighted by molar-refractivity contribution is 0.102. The standard InChI is InChI=1S/C16H11N5O/c17-9-12-1-3-13(4-2-12)16(22)20-14-5-7-15(8-6-14)21-11-18-10-19-21/h1-8,10-11H,(H,20,22). The average molecular weight is 289 g/mol. The molecule has 1 aromatic heterocycles. The summed E-state index contributed by atoms with van der Waals surface area (Å²) in [5, 5.41) is 15.6. The predicted octanol–water partition coefficient (Wildman–Crippen LogP) is 2.39. The molecule has 0 fully saturated rings. The third kappa shape index (κ3) is 2.83. The topological polar surface area (TPSA) is 83.6 Å². The molecule has 0 saturated carbocycles. The van der Waals surface area contributed by atoms with E-state index < -0.39 is 0 Å². The van der Waals surface area contributed by atoms with Crippen LogP contribution in [0.4, 0.5) is 5.69 Å². The molecule has 0 unspecified atom stereocenters. The highest BCUT2D eigenvalue weighted by Crippen LogP contribution is 2.13. The first-order chi connectivity index (χ1) is 10.8. The first-order valence-corrected chi connectivity index (χ1v) is 6.53. The van der Waals surface area contributed by atoms with Crippen LogP contribution >= 0.6 is 0 Å². The Hall–Kier alpha value is -3.46. The van der Waals surface area contributed by atoms with Crippen LogP contribution in [0.5, 0.6) is 0 Å². The maximum atomic E-state index is 12.1. The summed E-state index contributed by atoms with van der Waals surface area (Å²) in [6.45, 7) is 0. The lowest BCUT2D eigenvalue weighted by Crippen LogP contribution is -2.11. The van der Waals surface area contributed by atoms with Crippen molar-refractivity contribution in [2.75, 3.05) is 5.32 Å². The van der Waals surface area contributed by atoms with E-state index in [1.165, 1.54) is 6.33 Å². The molecule has 0 radical (unpaired) electrons. The summed E-state index contributed by atoms with van der Waals surface area (Å²) >= 11 is 0. The van der Waals surface area contributed by atoms with E-state index in [1.54, 1.807) is 47.4 Å². The first kappa shape index (κ1) is 13.5. The molecule has 0 aliphatic heterocycles. The van der Waals surface area contributed by atoms with E-state index in [1.807, 2.05) is 18.2 Å². The van der Waals surface area contributed by atoms with Gasteiger partial charge in [-0.05, 0) is 48.5 Å². The van der Waals surface area contributed by atoms with Crippen LogP contribution < -0.4 is 5.32 Å². The molecular formula is C16H11N5O. The van der Waals surface area contributed by atoms with E-state index in [2.05, 4.69) is 15.4 Å². The van der Waals surface area contributed by atoms with Crippen molar-refractivity contribution in [1.82, 2.24) is 14.8 Å². The van der Waals surface area contributed by atoms with Crippen molar-refractivity contribution in [2.45, 2.75) is 0 Å². The van der Waals surface area contributed by atoms with Gasteiger partial charge in [-0.2, -0.15) is 10.4 Å². The highest BCUT2D eigenvalue weighted by Gasteiger charge is 2.06. The SMILES string of the molecule is N#Cc1ccc(C(=O)Nc2ccc(-n3cncn3)cc2)cc1. The van der Waals surface area contributed by atoms with Crippen molar-refractivity contribution in [2.24, 2.45) is 0 Å². The molecule has 1 heterocycles. The molecule has 0 spiro atoms. The fourth-order valence-electron chi connectivity index (χ4n) is 1.94. The molecule has 1 amide bonds. The van der Waals surface area contributed by atoms with Gasteiger partial charge < -0.3 is 5.32 Å². The number of hydrogen-bond donors (Lipinski definition) is 1. The van der Waals surface area contributed by atoms with E-state index in [9.17, 15) is 4.79 Å². The normalized spacial score (nSPS) is 9.95. The van der Waals surface area contributed by atoms with Crippen molar-refractivity contribution in [3.05, 3.63) is 72.3 Å².